The number of ether oxygens (including phenoxy) is 4. The second-order valence-electron chi connectivity index (χ2n) is 11.0. The van der Waals surface area contributed by atoms with Gasteiger partial charge in [0.1, 0.15) is 30.6 Å². The van der Waals surface area contributed by atoms with Crippen LogP contribution < -0.4 is 26.4 Å². The number of carbonyl (C=O) groups is 5. The summed E-state index contributed by atoms with van der Waals surface area (Å²) in [6.07, 6.45) is -2.95. The standard InChI is InChI=1S/C33H37N5O9/c1-33(2,3)47-32(43)36-26(18-19-27(34)39)28(40)46-25-16-14-24(15-17-25)35-29(37-30(41)44-20-22-10-6-4-7-11-22)38-31(42)45-21-23-12-8-5-9-13-23/h4-17,26H,18-21H2,1-3H3,(H2,34,39)(H,36,43)(H2,35,37,38,41,42)/t26-/m1/s1. The Morgan fingerprint density at radius 2 is 1.26 bits per heavy atom. The number of hydrogen-bond donors (Lipinski definition) is 4. The molecule has 248 valence electrons. The van der Waals surface area contributed by atoms with Crippen LogP contribution in [0.5, 0.6) is 5.75 Å². The average molecular weight is 648 g/mol. The normalized spacial score (nSPS) is 11.2. The second-order valence-corrected chi connectivity index (χ2v) is 11.0. The fourth-order valence-corrected chi connectivity index (χ4v) is 3.69. The number of benzene rings is 3. The molecule has 14 heteroatoms. The third-order valence-electron chi connectivity index (χ3n) is 5.82. The monoisotopic (exact) mass is 647 g/mol. The van der Waals surface area contributed by atoms with E-state index in [0.29, 0.717) is 0 Å². The smallest absolute Gasteiger partial charge is 0.414 e. The van der Waals surface area contributed by atoms with Crippen LogP contribution in [0.4, 0.5) is 20.1 Å². The summed E-state index contributed by atoms with van der Waals surface area (Å²) in [6.45, 7) is 4.92. The lowest BCUT2D eigenvalue weighted by Gasteiger charge is -2.22. The first-order chi connectivity index (χ1) is 22.4. The molecule has 0 spiro atoms. The van der Waals surface area contributed by atoms with Crippen LogP contribution in [0.1, 0.15) is 44.7 Å². The number of esters is 1. The fraction of sp³-hybridized carbons (Fsp3) is 0.273. The first-order valence-electron chi connectivity index (χ1n) is 14.5. The molecular weight excluding hydrogens is 610 g/mol. The van der Waals surface area contributed by atoms with Crippen molar-refractivity contribution in [1.29, 1.82) is 0 Å². The van der Waals surface area contributed by atoms with E-state index in [9.17, 15) is 24.0 Å². The highest BCUT2D eigenvalue weighted by Crippen LogP contribution is 2.19. The van der Waals surface area contributed by atoms with Crippen molar-refractivity contribution in [2.24, 2.45) is 10.7 Å². The van der Waals surface area contributed by atoms with E-state index in [2.05, 4.69) is 20.9 Å². The Hall–Kier alpha value is -5.92. The van der Waals surface area contributed by atoms with E-state index in [0.717, 1.165) is 11.1 Å². The number of nitrogens with zero attached hydrogens (tertiary/aromatic N) is 1. The number of amides is 4. The molecule has 0 saturated heterocycles. The fourth-order valence-electron chi connectivity index (χ4n) is 3.69. The maximum absolute atomic E-state index is 12.9. The Morgan fingerprint density at radius 3 is 1.72 bits per heavy atom. The molecule has 5 N–H and O–H groups in total. The number of hydrogen-bond acceptors (Lipinski definition) is 10. The van der Waals surface area contributed by atoms with Crippen molar-refractivity contribution in [3.05, 3.63) is 96.1 Å². The Kier molecular flexibility index (Phi) is 13.3. The maximum atomic E-state index is 12.9. The molecule has 0 heterocycles. The molecular formula is C33H37N5O9. The summed E-state index contributed by atoms with van der Waals surface area (Å²) in [5.41, 5.74) is 6.13. The van der Waals surface area contributed by atoms with Gasteiger partial charge >= 0.3 is 24.2 Å². The molecule has 0 fully saturated rings. The Morgan fingerprint density at radius 1 is 0.745 bits per heavy atom. The first kappa shape index (κ1) is 35.6. The van der Waals surface area contributed by atoms with E-state index in [1.165, 1.54) is 24.3 Å². The molecule has 47 heavy (non-hydrogen) atoms. The lowest BCUT2D eigenvalue weighted by Crippen LogP contribution is -2.45. The van der Waals surface area contributed by atoms with Crippen LogP contribution in [0.15, 0.2) is 89.9 Å². The van der Waals surface area contributed by atoms with Crippen LogP contribution in [0, 0.1) is 0 Å². The molecule has 0 unspecified atom stereocenters. The molecule has 0 aliphatic carbocycles. The zero-order valence-corrected chi connectivity index (χ0v) is 26.2. The van der Waals surface area contributed by atoms with Gasteiger partial charge in [-0.3, -0.25) is 15.4 Å². The molecule has 3 aromatic carbocycles. The Balaban J connectivity index is 1.70. The van der Waals surface area contributed by atoms with Crippen molar-refractivity contribution in [2.75, 3.05) is 0 Å². The highest BCUT2D eigenvalue weighted by atomic mass is 16.6. The lowest BCUT2D eigenvalue weighted by molar-refractivity contribution is -0.137. The van der Waals surface area contributed by atoms with Crippen LogP contribution >= 0.6 is 0 Å². The molecule has 0 saturated carbocycles. The van der Waals surface area contributed by atoms with E-state index >= 15 is 0 Å². The topological polar surface area (TPSA) is 197 Å². The minimum absolute atomic E-state index is 0.0261. The van der Waals surface area contributed by atoms with E-state index < -0.39 is 41.8 Å². The molecule has 0 radical (unpaired) electrons. The number of carbonyl (C=O) groups excluding carboxylic acids is 5. The molecule has 4 amide bonds. The van der Waals surface area contributed by atoms with Gasteiger partial charge in [0.15, 0.2) is 0 Å². The van der Waals surface area contributed by atoms with Gasteiger partial charge in [0, 0.05) is 6.42 Å². The van der Waals surface area contributed by atoms with Gasteiger partial charge in [-0.25, -0.2) is 24.2 Å². The van der Waals surface area contributed by atoms with Crippen molar-refractivity contribution in [3.63, 3.8) is 0 Å². The number of primary amides is 1. The van der Waals surface area contributed by atoms with Gasteiger partial charge in [0.2, 0.25) is 11.9 Å². The van der Waals surface area contributed by atoms with Crippen LogP contribution in [-0.4, -0.2) is 47.8 Å². The van der Waals surface area contributed by atoms with Crippen molar-refractivity contribution in [3.8, 4) is 5.75 Å². The molecule has 0 aliphatic heterocycles. The highest BCUT2D eigenvalue weighted by molar-refractivity contribution is 6.02. The van der Waals surface area contributed by atoms with Crippen LogP contribution in [-0.2, 0) is 37.0 Å². The number of nitrogens with one attached hydrogen (secondary N) is 3. The zero-order chi connectivity index (χ0) is 34.2. The largest absolute Gasteiger partial charge is 0.444 e. The van der Waals surface area contributed by atoms with E-state index in [1.807, 2.05) is 12.1 Å². The molecule has 0 bridgehead atoms. The molecule has 3 rings (SSSR count). The Labute approximate surface area is 271 Å². The van der Waals surface area contributed by atoms with Gasteiger partial charge in [-0.15, -0.1) is 0 Å². The van der Waals surface area contributed by atoms with Gasteiger partial charge in [-0.1, -0.05) is 60.7 Å². The summed E-state index contributed by atoms with van der Waals surface area (Å²) in [7, 11) is 0. The third kappa shape index (κ3) is 14.2. The van der Waals surface area contributed by atoms with Gasteiger partial charge in [-0.2, -0.15) is 0 Å². The first-order valence-corrected chi connectivity index (χ1v) is 14.5. The molecule has 3 aromatic rings. The zero-order valence-electron chi connectivity index (χ0n) is 26.2. The lowest BCUT2D eigenvalue weighted by atomic mass is 10.1. The summed E-state index contributed by atoms with van der Waals surface area (Å²) >= 11 is 0. The minimum Gasteiger partial charge on any atom is -0.444 e. The number of nitrogens with two attached hydrogens (primary N) is 1. The van der Waals surface area contributed by atoms with Gasteiger partial charge in [-0.05, 0) is 62.6 Å². The number of rotatable bonds is 11. The third-order valence-corrected chi connectivity index (χ3v) is 5.82. The summed E-state index contributed by atoms with van der Waals surface area (Å²) < 4.78 is 21.0. The summed E-state index contributed by atoms with van der Waals surface area (Å²) in [4.78, 5) is 65.7. The highest BCUT2D eigenvalue weighted by Gasteiger charge is 2.26. The van der Waals surface area contributed by atoms with Gasteiger partial charge in [0.25, 0.3) is 0 Å². The van der Waals surface area contributed by atoms with Crippen molar-refractivity contribution in [1.82, 2.24) is 16.0 Å². The number of alkyl carbamates (subject to hydrolysis) is 3. The van der Waals surface area contributed by atoms with Gasteiger partial charge in [0.05, 0.1) is 5.69 Å². The Bertz CT molecular complexity index is 1480. The predicted molar refractivity (Wildman–Crippen MR) is 170 cm³/mol. The SMILES string of the molecule is CC(C)(C)OC(=O)N[C@H](CCC(N)=O)C(=O)Oc1ccc(N=C(NC(=O)OCc2ccccc2)NC(=O)OCc2ccccc2)cc1. The summed E-state index contributed by atoms with van der Waals surface area (Å²) in [5.74, 6) is -1.74. The summed E-state index contributed by atoms with van der Waals surface area (Å²) in [5, 5.41) is 7.17. The van der Waals surface area contributed by atoms with E-state index in [-0.39, 0.29) is 43.5 Å². The quantitative estimate of drug-likeness (QED) is 0.0756. The minimum atomic E-state index is -1.22. The van der Waals surface area contributed by atoms with Gasteiger partial charge < -0.3 is 30.0 Å². The van der Waals surface area contributed by atoms with Crippen molar-refractivity contribution >= 4 is 41.8 Å². The van der Waals surface area contributed by atoms with Crippen molar-refractivity contribution in [2.45, 2.75) is 58.5 Å². The van der Waals surface area contributed by atoms with Crippen LogP contribution in [0.2, 0.25) is 0 Å². The van der Waals surface area contributed by atoms with Crippen LogP contribution in [0.3, 0.4) is 0 Å². The summed E-state index contributed by atoms with van der Waals surface area (Å²) in [6, 6.07) is 22.4. The predicted octanol–water partition coefficient (Wildman–Crippen LogP) is 4.59. The number of guanidine groups is 1. The van der Waals surface area contributed by atoms with Crippen LogP contribution in [0.25, 0.3) is 0 Å². The molecule has 14 nitrogen and oxygen atoms in total. The number of aliphatic imine (C=N–C) groups is 1. The van der Waals surface area contributed by atoms with E-state index in [4.69, 9.17) is 24.7 Å². The molecule has 1 atom stereocenters. The average Bonchev–Trinajstić information content (AvgIpc) is 3.02. The van der Waals surface area contributed by atoms with E-state index in [1.54, 1.807) is 69.3 Å². The van der Waals surface area contributed by atoms with Crippen molar-refractivity contribution < 1.29 is 42.9 Å². The second kappa shape index (κ2) is 17.5. The maximum Gasteiger partial charge on any atom is 0.414 e. The molecule has 0 aromatic heterocycles. The molecule has 0 aliphatic rings.